The van der Waals surface area contributed by atoms with Crippen molar-refractivity contribution in [2.75, 3.05) is 0 Å². The molecule has 0 spiro atoms. The molecule has 0 saturated heterocycles. The number of aromatic nitrogens is 9. The molecule has 7 aromatic heterocycles. The Hall–Kier alpha value is -12.3. The maximum absolute atomic E-state index is 5.86. The molecule has 19 aromatic rings. The van der Waals surface area contributed by atoms with E-state index in [1.54, 1.807) is 0 Å². The van der Waals surface area contributed by atoms with Crippen molar-refractivity contribution in [1.82, 2.24) is 42.4 Å². The minimum absolute atomic E-state index is 0.493. The summed E-state index contributed by atoms with van der Waals surface area (Å²) in [5.74, 6) is 1.54. The normalized spacial score (nSPS) is 12.2. The number of hydrogen-bond acceptors (Lipinski definition) is 3. The van der Waals surface area contributed by atoms with Crippen LogP contribution in [0.5, 0.6) is 0 Å². The second-order valence-electron chi connectivity index (χ2n) is 23.6. The van der Waals surface area contributed by atoms with Gasteiger partial charge < -0.3 is 18.3 Å². The number of hydrogen-bond donors (Lipinski definition) is 0. The molecule has 0 aliphatic heterocycles. The smallest absolute Gasteiger partial charge is 0.240 e. The average molecular weight is 1160 g/mol. The van der Waals surface area contributed by atoms with E-state index in [4.69, 9.17) is 15.0 Å². The molecular weight excluding hydrogens is 1110 g/mol. The van der Waals surface area contributed by atoms with Crippen LogP contribution < -0.4 is 0 Å². The molecule has 9 heteroatoms. The van der Waals surface area contributed by atoms with Crippen LogP contribution in [-0.4, -0.2) is 42.4 Å². The van der Waals surface area contributed by atoms with Gasteiger partial charge in [-0.3, -0.25) is 9.13 Å². The van der Waals surface area contributed by atoms with Crippen molar-refractivity contribution in [1.29, 1.82) is 0 Å². The monoisotopic (exact) mass is 1160 g/mol. The summed E-state index contributed by atoms with van der Waals surface area (Å²) in [6.07, 6.45) is 6.08. The van der Waals surface area contributed by atoms with Gasteiger partial charge >= 0.3 is 0 Å². The zero-order valence-electron chi connectivity index (χ0n) is 49.4. The van der Waals surface area contributed by atoms with Crippen molar-refractivity contribution in [3.05, 3.63) is 303 Å². The van der Waals surface area contributed by atoms with Gasteiger partial charge in [0.2, 0.25) is 11.9 Å². The van der Waals surface area contributed by atoms with Gasteiger partial charge in [-0.15, -0.1) is 0 Å². The Labute approximate surface area is 521 Å². The second-order valence-corrected chi connectivity index (χ2v) is 23.6. The fraction of sp³-hybridized carbons (Fsp3) is 0.0122. The van der Waals surface area contributed by atoms with Crippen LogP contribution >= 0.6 is 0 Å². The highest BCUT2D eigenvalue weighted by atomic mass is 15.3. The van der Waals surface area contributed by atoms with E-state index in [0.29, 0.717) is 17.7 Å². The number of para-hydroxylation sites is 7. The molecule has 0 saturated carbocycles. The Kier molecular flexibility index (Phi) is 10.9. The molecule has 0 bridgehead atoms. The molecule has 0 aliphatic rings. The highest BCUT2D eigenvalue weighted by molar-refractivity contribution is 6.24. The van der Waals surface area contributed by atoms with Crippen LogP contribution in [0.15, 0.2) is 292 Å². The zero-order chi connectivity index (χ0) is 60.0. The van der Waals surface area contributed by atoms with Crippen LogP contribution in [0.1, 0.15) is 11.3 Å². The summed E-state index contributed by atoms with van der Waals surface area (Å²) >= 11 is 0. The minimum atomic E-state index is 0.493. The molecular formula is C82H53N9. The fourth-order valence-electron chi connectivity index (χ4n) is 15.1. The summed E-state index contributed by atoms with van der Waals surface area (Å²) in [4.78, 5) is 17.1. The first-order valence-corrected chi connectivity index (χ1v) is 30.9. The van der Waals surface area contributed by atoms with Crippen LogP contribution in [0.2, 0.25) is 0 Å². The molecule has 0 aliphatic carbocycles. The predicted octanol–water partition coefficient (Wildman–Crippen LogP) is 20.5. The van der Waals surface area contributed by atoms with E-state index < -0.39 is 0 Å². The summed E-state index contributed by atoms with van der Waals surface area (Å²) < 4.78 is 14.3. The largest absolute Gasteiger partial charge is 0.311 e. The summed E-state index contributed by atoms with van der Waals surface area (Å²) in [6, 6.07) is 98.4. The molecule has 0 amide bonds. The summed E-state index contributed by atoms with van der Waals surface area (Å²) in [7, 11) is 0. The molecule has 9 nitrogen and oxygen atoms in total. The van der Waals surface area contributed by atoms with Crippen molar-refractivity contribution >= 4 is 126 Å². The third-order valence-corrected chi connectivity index (χ3v) is 18.8. The van der Waals surface area contributed by atoms with Gasteiger partial charge in [-0.25, -0.2) is 0 Å². The first-order chi connectivity index (χ1) is 45.1. The summed E-state index contributed by atoms with van der Waals surface area (Å²) in [6.45, 7) is 6.35. The Morgan fingerprint density at radius 1 is 0.286 bits per heavy atom. The third-order valence-electron chi connectivity index (χ3n) is 18.8. The Bertz CT molecular complexity index is 6210. The Balaban J connectivity index is 0.907. The maximum Gasteiger partial charge on any atom is 0.240 e. The number of benzene rings is 12. The number of nitrogens with zero attached hydrogens (tertiary/aromatic N) is 9. The van der Waals surface area contributed by atoms with Crippen LogP contribution in [0.4, 0.5) is 0 Å². The van der Waals surface area contributed by atoms with E-state index in [1.807, 2.05) is 18.2 Å². The Morgan fingerprint density at radius 3 is 1.02 bits per heavy atom. The Morgan fingerprint density at radius 2 is 0.604 bits per heavy atom. The number of allylic oxidation sites excluding steroid dienone is 2. The lowest BCUT2D eigenvalue weighted by atomic mass is 10.1. The van der Waals surface area contributed by atoms with Gasteiger partial charge in [0, 0.05) is 98.8 Å². The molecule has 7 heterocycles. The molecule has 0 radical (unpaired) electrons. The summed E-state index contributed by atoms with van der Waals surface area (Å²) in [5, 5.41) is 12.6. The molecule has 0 N–H and O–H groups in total. The maximum atomic E-state index is 5.86. The van der Waals surface area contributed by atoms with Crippen LogP contribution in [0.3, 0.4) is 0 Å². The second kappa shape index (κ2) is 19.6. The first kappa shape index (κ1) is 50.8. The SMILES string of the molecule is C=C/C=C\c1c(C)n(-c2cccc(-n3c4ccccc4c4ccccc43)c2)c2c1ccc1c3ccccc3n(-c3nc(-c4ccccc4)nc(-n4c5ccccc5c5ccc6c7ccccc7n(-c7cccc(-n8c9ccccc9c9ccccc98)c7)c6c54)n3)c12. The van der Waals surface area contributed by atoms with Gasteiger partial charge in [0.05, 0.1) is 60.7 Å². The van der Waals surface area contributed by atoms with E-state index in [-0.39, 0.29) is 0 Å². The van der Waals surface area contributed by atoms with Gasteiger partial charge in [-0.1, -0.05) is 219 Å². The van der Waals surface area contributed by atoms with E-state index >= 15 is 0 Å². The van der Waals surface area contributed by atoms with E-state index in [1.165, 1.54) is 21.5 Å². The zero-order valence-corrected chi connectivity index (χ0v) is 49.4. The van der Waals surface area contributed by atoms with Gasteiger partial charge in [-0.05, 0) is 85.8 Å². The average Bonchev–Trinajstić information content (AvgIpc) is 1.57. The van der Waals surface area contributed by atoms with Crippen molar-refractivity contribution in [3.63, 3.8) is 0 Å². The third kappa shape index (κ3) is 7.31. The van der Waals surface area contributed by atoms with Crippen LogP contribution in [-0.2, 0) is 0 Å². The highest BCUT2D eigenvalue weighted by Crippen LogP contribution is 2.45. The van der Waals surface area contributed by atoms with Crippen LogP contribution in [0.25, 0.3) is 172 Å². The molecule has 12 aromatic carbocycles. The van der Waals surface area contributed by atoms with Crippen molar-refractivity contribution in [3.8, 4) is 46.0 Å². The first-order valence-electron chi connectivity index (χ1n) is 30.9. The van der Waals surface area contributed by atoms with Crippen molar-refractivity contribution < 1.29 is 0 Å². The quantitative estimate of drug-likeness (QED) is 0.135. The fourth-order valence-corrected chi connectivity index (χ4v) is 15.1. The minimum Gasteiger partial charge on any atom is -0.311 e. The number of fused-ring (bicyclic) bond motifs is 18. The molecule has 91 heavy (non-hydrogen) atoms. The topological polar surface area (TPSA) is 68.2 Å². The van der Waals surface area contributed by atoms with E-state index in [2.05, 4.69) is 314 Å². The van der Waals surface area contributed by atoms with Gasteiger partial charge in [-0.2, -0.15) is 15.0 Å². The van der Waals surface area contributed by atoms with Crippen LogP contribution in [0, 0.1) is 6.92 Å². The lowest BCUT2D eigenvalue weighted by molar-refractivity contribution is 0.892. The molecule has 0 atom stereocenters. The van der Waals surface area contributed by atoms with Crippen molar-refractivity contribution in [2.24, 2.45) is 0 Å². The van der Waals surface area contributed by atoms with E-state index in [0.717, 1.165) is 138 Å². The highest BCUT2D eigenvalue weighted by Gasteiger charge is 2.28. The van der Waals surface area contributed by atoms with E-state index in [9.17, 15) is 0 Å². The molecule has 0 unspecified atom stereocenters. The lowest BCUT2D eigenvalue weighted by Crippen LogP contribution is -2.11. The van der Waals surface area contributed by atoms with Gasteiger partial charge in [0.25, 0.3) is 0 Å². The predicted molar refractivity (Wildman–Crippen MR) is 378 cm³/mol. The number of rotatable bonds is 9. The lowest BCUT2D eigenvalue weighted by Gasteiger charge is -2.16. The van der Waals surface area contributed by atoms with Crippen molar-refractivity contribution in [2.45, 2.75) is 6.92 Å². The van der Waals surface area contributed by atoms with Gasteiger partial charge in [0.15, 0.2) is 5.82 Å². The molecule has 0 fully saturated rings. The molecule has 19 rings (SSSR count). The standard InChI is InChI=1S/C82H53N9/c1-3-4-30-57-51(2)86(53-26-22-27-54(49-53)87-69-38-15-8-31-58(69)59-32-9-16-39-70(59)87)76-65(57)45-46-67-63-36-13-20-43-74(63)90(78(67)76)81-83-80(52-24-6-5-7-25-52)84-82(85-81)91-75-44-21-14-37-64(75)68-48-47-66-62-35-12-19-42-73(62)89(77(66)79(68)91)56-29-23-28-55(50-56)88-71-40-17-10-33-60(71)61-34-11-18-41-72(61)88/h3-50H,1H2,2H3/b30-4-. The molecule has 426 valence electrons. The summed E-state index contributed by atoms with van der Waals surface area (Å²) in [5.41, 5.74) is 19.0. The van der Waals surface area contributed by atoms with Gasteiger partial charge in [0.1, 0.15) is 0 Å².